The van der Waals surface area contributed by atoms with Gasteiger partial charge in [-0.05, 0) is 43.9 Å². The number of Topliss-reactive ketones (excluding diaryl/α,β-unsaturated/α-hetero) is 1. The van der Waals surface area contributed by atoms with Gasteiger partial charge in [0.1, 0.15) is 5.76 Å². The van der Waals surface area contributed by atoms with Gasteiger partial charge < -0.3 is 9.64 Å². The highest BCUT2D eigenvalue weighted by atomic mass is 16.5. The summed E-state index contributed by atoms with van der Waals surface area (Å²) in [5.74, 6) is 0.0466. The number of ether oxygens (including phenoxy) is 1. The van der Waals surface area contributed by atoms with E-state index < -0.39 is 0 Å². The normalized spacial score (nSPS) is 35.8. The number of carbonyl (C=O) groups excluding carboxylic acids is 2. The number of nitrogens with zero attached hydrogens (tertiary/aromatic N) is 1. The van der Waals surface area contributed by atoms with Gasteiger partial charge in [-0.25, -0.2) is 0 Å². The summed E-state index contributed by atoms with van der Waals surface area (Å²) in [4.78, 5) is 26.3. The second kappa shape index (κ2) is 3.71. The molecule has 102 valence electrons. The number of piperidine rings is 1. The lowest BCUT2D eigenvalue weighted by molar-refractivity contribution is -0.144. The Balaban J connectivity index is 2.15. The van der Waals surface area contributed by atoms with E-state index >= 15 is 0 Å². The molecule has 0 aromatic heterocycles. The van der Waals surface area contributed by atoms with Crippen molar-refractivity contribution in [2.45, 2.75) is 38.8 Å². The number of carbonyl (C=O) groups is 2. The van der Waals surface area contributed by atoms with E-state index in [4.69, 9.17) is 4.74 Å². The summed E-state index contributed by atoms with van der Waals surface area (Å²) in [5.41, 5.74) is 0.893. The monoisotopic (exact) mass is 261 g/mol. The van der Waals surface area contributed by atoms with Crippen LogP contribution in [0.5, 0.6) is 0 Å². The molecule has 0 aromatic carbocycles. The molecule has 19 heavy (non-hydrogen) atoms. The Labute approximate surface area is 113 Å². The van der Waals surface area contributed by atoms with Gasteiger partial charge in [-0.15, -0.1) is 0 Å². The van der Waals surface area contributed by atoms with Crippen LogP contribution in [0.2, 0.25) is 0 Å². The van der Waals surface area contributed by atoms with E-state index in [1.54, 1.807) is 18.1 Å². The van der Waals surface area contributed by atoms with Crippen LogP contribution < -0.4 is 0 Å². The fourth-order valence-electron chi connectivity index (χ4n) is 3.87. The van der Waals surface area contributed by atoms with Gasteiger partial charge in [0.05, 0.1) is 19.1 Å². The summed E-state index contributed by atoms with van der Waals surface area (Å²) in [6.45, 7) is 6.25. The predicted molar refractivity (Wildman–Crippen MR) is 70.2 cm³/mol. The third-order valence-electron chi connectivity index (χ3n) is 4.61. The second-order valence-electron chi connectivity index (χ2n) is 6.35. The number of methoxy groups -OCH3 is 1. The van der Waals surface area contributed by atoms with E-state index in [0.717, 1.165) is 12.0 Å². The average Bonchev–Trinajstić information content (AvgIpc) is 2.60. The first-order valence-electron chi connectivity index (χ1n) is 6.71. The molecule has 1 amide bonds. The number of hydrogen-bond donors (Lipinski definition) is 0. The minimum Gasteiger partial charge on any atom is -0.497 e. The molecule has 0 saturated carbocycles. The first-order chi connectivity index (χ1) is 8.86. The number of allylic oxidation sites excluding steroid dienone is 1. The van der Waals surface area contributed by atoms with Crippen LogP contribution >= 0.6 is 0 Å². The van der Waals surface area contributed by atoms with Gasteiger partial charge in [-0.3, -0.25) is 9.59 Å². The van der Waals surface area contributed by atoms with Crippen molar-refractivity contribution < 1.29 is 14.3 Å². The van der Waals surface area contributed by atoms with Crippen molar-refractivity contribution in [3.05, 3.63) is 23.5 Å². The molecule has 0 radical (unpaired) electrons. The van der Waals surface area contributed by atoms with Crippen LogP contribution in [0.4, 0.5) is 0 Å². The van der Waals surface area contributed by atoms with Gasteiger partial charge in [0.15, 0.2) is 0 Å². The lowest BCUT2D eigenvalue weighted by Gasteiger charge is -2.49. The fourth-order valence-corrected chi connectivity index (χ4v) is 3.87. The van der Waals surface area contributed by atoms with Crippen molar-refractivity contribution in [1.29, 1.82) is 0 Å². The molecule has 3 atom stereocenters. The molecule has 2 unspecified atom stereocenters. The van der Waals surface area contributed by atoms with E-state index in [2.05, 4.69) is 6.92 Å². The molecule has 1 aliphatic carbocycles. The second-order valence-corrected chi connectivity index (χ2v) is 6.35. The predicted octanol–water partition coefficient (Wildman–Crippen LogP) is 1.67. The molecule has 2 aliphatic heterocycles. The summed E-state index contributed by atoms with van der Waals surface area (Å²) in [7, 11) is 1.60. The average molecular weight is 261 g/mol. The molecule has 2 saturated heterocycles. The molecule has 3 aliphatic rings. The van der Waals surface area contributed by atoms with Crippen molar-refractivity contribution >= 4 is 11.7 Å². The zero-order valence-corrected chi connectivity index (χ0v) is 11.8. The number of rotatable bonds is 1. The first kappa shape index (κ1) is 12.5. The Hall–Kier alpha value is -1.58. The summed E-state index contributed by atoms with van der Waals surface area (Å²) in [6, 6.07) is -0.0994. The smallest absolute Gasteiger partial charge is 0.291 e. The van der Waals surface area contributed by atoms with Crippen LogP contribution in [-0.4, -0.2) is 35.3 Å². The largest absolute Gasteiger partial charge is 0.497 e. The van der Waals surface area contributed by atoms with E-state index in [9.17, 15) is 9.59 Å². The van der Waals surface area contributed by atoms with Crippen LogP contribution in [0.15, 0.2) is 23.5 Å². The van der Waals surface area contributed by atoms with Gasteiger partial charge in [-0.1, -0.05) is 6.92 Å². The third kappa shape index (κ3) is 1.52. The minimum atomic E-state index is -0.371. The summed E-state index contributed by atoms with van der Waals surface area (Å²) in [5, 5.41) is 0. The summed E-state index contributed by atoms with van der Waals surface area (Å²) >= 11 is 0. The maximum Gasteiger partial charge on any atom is 0.291 e. The highest BCUT2D eigenvalue weighted by molar-refractivity contribution is 6.40. The topological polar surface area (TPSA) is 46.6 Å². The third-order valence-corrected chi connectivity index (χ3v) is 4.61. The van der Waals surface area contributed by atoms with E-state index in [1.807, 2.05) is 19.9 Å². The molecule has 0 N–H and O–H groups in total. The number of ketones is 1. The van der Waals surface area contributed by atoms with Crippen molar-refractivity contribution in [3.8, 4) is 0 Å². The SMILES string of the molecule is COC1=CC2C(=O)C(=O)N3C2C(=C1)[C@H](C)CC3(C)C. The van der Waals surface area contributed by atoms with Gasteiger partial charge in [0, 0.05) is 5.54 Å². The van der Waals surface area contributed by atoms with Crippen LogP contribution in [0, 0.1) is 11.8 Å². The highest BCUT2D eigenvalue weighted by Crippen LogP contribution is 2.47. The summed E-state index contributed by atoms with van der Waals surface area (Å²) < 4.78 is 5.28. The lowest BCUT2D eigenvalue weighted by Crippen LogP contribution is -2.56. The van der Waals surface area contributed by atoms with E-state index in [0.29, 0.717) is 11.7 Å². The molecule has 2 heterocycles. The standard InChI is InChI=1S/C15H19NO3/c1-8-7-15(2,3)16-12-10(8)5-9(19-4)6-11(12)13(17)14(16)18/h5-6,8,11-12H,7H2,1-4H3/t8-,11?,12?/m1/s1. The van der Waals surface area contributed by atoms with Gasteiger partial charge >= 0.3 is 0 Å². The fraction of sp³-hybridized carbons (Fsp3) is 0.600. The Morgan fingerprint density at radius 3 is 2.68 bits per heavy atom. The van der Waals surface area contributed by atoms with Crippen LogP contribution in [-0.2, 0) is 14.3 Å². The quantitative estimate of drug-likeness (QED) is 0.675. The summed E-state index contributed by atoms with van der Waals surface area (Å²) in [6.07, 6.45) is 4.67. The maximum atomic E-state index is 12.3. The Bertz CT molecular complexity index is 530. The van der Waals surface area contributed by atoms with Gasteiger partial charge in [0.25, 0.3) is 5.91 Å². The van der Waals surface area contributed by atoms with Crippen LogP contribution in [0.1, 0.15) is 27.2 Å². The van der Waals surface area contributed by atoms with Crippen LogP contribution in [0.3, 0.4) is 0 Å². The molecular weight excluding hydrogens is 242 g/mol. The highest BCUT2D eigenvalue weighted by Gasteiger charge is 2.57. The molecule has 3 rings (SSSR count). The molecular formula is C15H19NO3. The Morgan fingerprint density at radius 2 is 2.05 bits per heavy atom. The Morgan fingerprint density at radius 1 is 1.37 bits per heavy atom. The van der Waals surface area contributed by atoms with Gasteiger partial charge in [-0.2, -0.15) is 0 Å². The van der Waals surface area contributed by atoms with E-state index in [-0.39, 0.29) is 29.2 Å². The van der Waals surface area contributed by atoms with Gasteiger partial charge in [0.2, 0.25) is 5.78 Å². The molecule has 0 spiro atoms. The van der Waals surface area contributed by atoms with Crippen molar-refractivity contribution in [3.63, 3.8) is 0 Å². The van der Waals surface area contributed by atoms with E-state index in [1.165, 1.54) is 0 Å². The molecule has 4 heteroatoms. The van der Waals surface area contributed by atoms with Crippen LogP contribution in [0.25, 0.3) is 0 Å². The maximum absolute atomic E-state index is 12.3. The lowest BCUT2D eigenvalue weighted by atomic mass is 9.73. The zero-order valence-electron chi connectivity index (χ0n) is 11.8. The first-order valence-corrected chi connectivity index (χ1v) is 6.71. The molecule has 0 bridgehead atoms. The zero-order chi connectivity index (χ0) is 13.9. The molecule has 0 aromatic rings. The Kier molecular flexibility index (Phi) is 2.43. The molecule has 2 fully saturated rings. The van der Waals surface area contributed by atoms with Crippen molar-refractivity contribution in [2.75, 3.05) is 7.11 Å². The van der Waals surface area contributed by atoms with Crippen molar-refractivity contribution in [2.24, 2.45) is 11.8 Å². The number of hydrogen-bond acceptors (Lipinski definition) is 3. The number of amides is 1. The van der Waals surface area contributed by atoms with Crippen molar-refractivity contribution in [1.82, 2.24) is 4.90 Å². The minimum absolute atomic E-state index is 0.0994. The molecule has 4 nitrogen and oxygen atoms in total.